The molecule has 1 aliphatic heterocycles. The summed E-state index contributed by atoms with van der Waals surface area (Å²) >= 11 is 0. The summed E-state index contributed by atoms with van der Waals surface area (Å²) in [5.74, 6) is 0. The lowest BCUT2D eigenvalue weighted by Crippen LogP contribution is -2.42. The fourth-order valence-corrected chi connectivity index (χ4v) is 2.85. The Bertz CT molecular complexity index is 685. The Kier molecular flexibility index (Phi) is 4.98. The van der Waals surface area contributed by atoms with E-state index in [4.69, 9.17) is 5.73 Å². The molecule has 0 amide bonds. The highest BCUT2D eigenvalue weighted by atomic mass is 35.5. The van der Waals surface area contributed by atoms with Gasteiger partial charge in [0.1, 0.15) is 5.65 Å². The number of pyridine rings is 1. The van der Waals surface area contributed by atoms with Crippen molar-refractivity contribution in [2.45, 2.75) is 32.4 Å². The fourth-order valence-electron chi connectivity index (χ4n) is 2.85. The first-order valence-corrected chi connectivity index (χ1v) is 7.09. The summed E-state index contributed by atoms with van der Waals surface area (Å²) < 4.78 is 1.60. The van der Waals surface area contributed by atoms with Gasteiger partial charge in [-0.2, -0.15) is 0 Å². The summed E-state index contributed by atoms with van der Waals surface area (Å²) in [6.07, 6.45) is 3.97. The molecule has 1 fully saturated rings. The Hall–Kier alpha value is -1.43. The van der Waals surface area contributed by atoms with Crippen LogP contribution < -0.4 is 11.3 Å². The smallest absolute Gasteiger partial charge is 0.258 e. The van der Waals surface area contributed by atoms with Gasteiger partial charge in [0.15, 0.2) is 0 Å². The molecule has 1 atom stereocenters. The number of halogens is 1. The Morgan fingerprint density at radius 3 is 3.05 bits per heavy atom. The van der Waals surface area contributed by atoms with Crippen LogP contribution >= 0.6 is 12.4 Å². The Morgan fingerprint density at radius 1 is 1.48 bits per heavy atom. The number of fused-ring (bicyclic) bond motifs is 1. The molecule has 3 rings (SSSR count). The number of hydrogen-bond acceptors (Lipinski definition) is 4. The molecule has 0 aliphatic carbocycles. The molecule has 114 valence electrons. The summed E-state index contributed by atoms with van der Waals surface area (Å²) in [6.45, 7) is 4.59. The number of hydrogen-bond donors (Lipinski definition) is 1. The van der Waals surface area contributed by atoms with Crippen LogP contribution in [0.5, 0.6) is 0 Å². The quantitative estimate of drug-likeness (QED) is 0.909. The number of piperidine rings is 1. The molecule has 0 bridgehead atoms. The summed E-state index contributed by atoms with van der Waals surface area (Å²) in [5.41, 5.74) is 8.57. The SMILES string of the molecule is Cc1cccn2c(=O)cc(CN3CCC[C@@H](N)C3)nc12.Cl. The van der Waals surface area contributed by atoms with Crippen molar-refractivity contribution in [2.24, 2.45) is 5.73 Å². The van der Waals surface area contributed by atoms with Crippen molar-refractivity contribution in [2.75, 3.05) is 13.1 Å². The third kappa shape index (κ3) is 3.43. The number of nitrogens with two attached hydrogens (primary N) is 1. The minimum absolute atomic E-state index is 0. The van der Waals surface area contributed by atoms with E-state index in [1.807, 2.05) is 19.1 Å². The van der Waals surface area contributed by atoms with E-state index < -0.39 is 0 Å². The van der Waals surface area contributed by atoms with Gasteiger partial charge >= 0.3 is 0 Å². The van der Waals surface area contributed by atoms with Gasteiger partial charge in [-0.15, -0.1) is 12.4 Å². The van der Waals surface area contributed by atoms with Crippen molar-refractivity contribution in [3.63, 3.8) is 0 Å². The summed E-state index contributed by atoms with van der Waals surface area (Å²) in [7, 11) is 0. The van der Waals surface area contributed by atoms with E-state index in [9.17, 15) is 4.79 Å². The average Bonchev–Trinajstić information content (AvgIpc) is 2.40. The van der Waals surface area contributed by atoms with Crippen molar-refractivity contribution in [1.82, 2.24) is 14.3 Å². The molecule has 1 saturated heterocycles. The topological polar surface area (TPSA) is 63.6 Å². The van der Waals surface area contributed by atoms with Crippen molar-refractivity contribution >= 4 is 18.1 Å². The standard InChI is InChI=1S/C15H20N4O.ClH/c1-11-4-2-7-19-14(20)8-13(17-15(11)19)10-18-6-3-5-12(16)9-18;/h2,4,7-8,12H,3,5-6,9-10,16H2,1H3;1H/t12-;/m1./s1. The summed E-state index contributed by atoms with van der Waals surface area (Å²) in [4.78, 5) is 19.1. The van der Waals surface area contributed by atoms with E-state index in [2.05, 4.69) is 9.88 Å². The molecular weight excluding hydrogens is 288 g/mol. The molecule has 0 unspecified atom stereocenters. The first kappa shape index (κ1) is 15.9. The van der Waals surface area contributed by atoms with E-state index in [-0.39, 0.29) is 24.0 Å². The number of aryl methyl sites for hydroxylation is 1. The largest absolute Gasteiger partial charge is 0.327 e. The molecule has 3 heterocycles. The van der Waals surface area contributed by atoms with Gasteiger partial charge in [0, 0.05) is 31.4 Å². The van der Waals surface area contributed by atoms with Gasteiger partial charge < -0.3 is 5.73 Å². The van der Waals surface area contributed by atoms with Gasteiger partial charge in [-0.25, -0.2) is 4.98 Å². The predicted octanol–water partition coefficient (Wildman–Crippen LogP) is 1.35. The number of aromatic nitrogens is 2. The van der Waals surface area contributed by atoms with Gasteiger partial charge in [0.2, 0.25) is 0 Å². The molecule has 0 aromatic carbocycles. The van der Waals surface area contributed by atoms with Crippen molar-refractivity contribution in [3.05, 3.63) is 46.0 Å². The molecule has 21 heavy (non-hydrogen) atoms. The highest BCUT2D eigenvalue weighted by molar-refractivity contribution is 5.85. The van der Waals surface area contributed by atoms with Crippen molar-refractivity contribution in [1.29, 1.82) is 0 Å². The summed E-state index contributed by atoms with van der Waals surface area (Å²) in [6, 6.07) is 5.72. The number of rotatable bonds is 2. The van der Waals surface area contributed by atoms with Gasteiger partial charge in [0.05, 0.1) is 5.69 Å². The van der Waals surface area contributed by atoms with Crippen LogP contribution in [0.25, 0.3) is 5.65 Å². The molecule has 0 radical (unpaired) electrons. The van der Waals surface area contributed by atoms with Gasteiger partial charge in [0.25, 0.3) is 5.56 Å². The van der Waals surface area contributed by atoms with Crippen LogP contribution in [0.3, 0.4) is 0 Å². The highest BCUT2D eigenvalue weighted by Gasteiger charge is 2.17. The Balaban J connectivity index is 0.00000161. The molecule has 2 N–H and O–H groups in total. The average molecular weight is 309 g/mol. The van der Waals surface area contributed by atoms with Gasteiger partial charge in [-0.3, -0.25) is 14.1 Å². The molecule has 0 spiro atoms. The molecule has 6 heteroatoms. The molecule has 2 aromatic heterocycles. The third-order valence-electron chi connectivity index (χ3n) is 3.87. The highest BCUT2D eigenvalue weighted by Crippen LogP contribution is 2.12. The monoisotopic (exact) mass is 308 g/mol. The first-order chi connectivity index (χ1) is 9.63. The molecular formula is C15H21ClN4O. The molecule has 2 aromatic rings. The molecule has 1 aliphatic rings. The number of likely N-dealkylation sites (tertiary alicyclic amines) is 1. The second-order valence-corrected chi connectivity index (χ2v) is 5.61. The Labute approximate surface area is 130 Å². The normalized spacial score (nSPS) is 19.4. The van der Waals surface area contributed by atoms with Crippen LogP contribution in [0.15, 0.2) is 29.2 Å². The van der Waals surface area contributed by atoms with Crippen molar-refractivity contribution < 1.29 is 0 Å². The lowest BCUT2D eigenvalue weighted by molar-refractivity contribution is 0.199. The lowest BCUT2D eigenvalue weighted by atomic mass is 10.1. The maximum absolute atomic E-state index is 12.1. The van der Waals surface area contributed by atoms with E-state index in [1.165, 1.54) is 0 Å². The van der Waals surface area contributed by atoms with E-state index in [0.29, 0.717) is 6.54 Å². The zero-order valence-corrected chi connectivity index (χ0v) is 13.0. The maximum Gasteiger partial charge on any atom is 0.258 e. The van der Waals surface area contributed by atoms with Crippen LogP contribution in [-0.4, -0.2) is 33.4 Å². The fraction of sp³-hybridized carbons (Fsp3) is 0.467. The van der Waals surface area contributed by atoms with E-state index >= 15 is 0 Å². The second kappa shape index (κ2) is 6.56. The maximum atomic E-state index is 12.1. The van der Waals surface area contributed by atoms with E-state index in [0.717, 1.165) is 42.8 Å². The van der Waals surface area contributed by atoms with Crippen LogP contribution in [0.2, 0.25) is 0 Å². The predicted molar refractivity (Wildman–Crippen MR) is 85.9 cm³/mol. The minimum Gasteiger partial charge on any atom is -0.327 e. The molecule has 5 nitrogen and oxygen atoms in total. The Morgan fingerprint density at radius 2 is 2.29 bits per heavy atom. The van der Waals surface area contributed by atoms with Crippen LogP contribution in [-0.2, 0) is 6.54 Å². The van der Waals surface area contributed by atoms with Crippen molar-refractivity contribution in [3.8, 4) is 0 Å². The van der Waals surface area contributed by atoms with Crippen LogP contribution in [0, 0.1) is 6.92 Å². The zero-order chi connectivity index (χ0) is 14.1. The minimum atomic E-state index is -0.0185. The zero-order valence-electron chi connectivity index (χ0n) is 12.2. The van der Waals surface area contributed by atoms with Crippen LogP contribution in [0.4, 0.5) is 0 Å². The van der Waals surface area contributed by atoms with Gasteiger partial charge in [-0.05, 0) is 37.9 Å². The summed E-state index contributed by atoms with van der Waals surface area (Å²) in [5, 5.41) is 0. The lowest BCUT2D eigenvalue weighted by Gasteiger charge is -2.30. The molecule has 0 saturated carbocycles. The third-order valence-corrected chi connectivity index (χ3v) is 3.87. The van der Waals surface area contributed by atoms with Crippen LogP contribution in [0.1, 0.15) is 24.1 Å². The second-order valence-electron chi connectivity index (χ2n) is 5.61. The number of nitrogens with zero attached hydrogens (tertiary/aromatic N) is 3. The van der Waals surface area contributed by atoms with Gasteiger partial charge in [-0.1, -0.05) is 6.07 Å². The van der Waals surface area contributed by atoms with E-state index in [1.54, 1.807) is 16.7 Å². The first-order valence-electron chi connectivity index (χ1n) is 7.09.